The second-order valence-corrected chi connectivity index (χ2v) is 6.67. The number of sulfone groups is 1. The third kappa shape index (κ3) is 6.32. The zero-order valence-corrected chi connectivity index (χ0v) is 11.2. The Hall–Kier alpha value is -0.210. The molecule has 3 N–H and O–H groups in total. The fourth-order valence-electron chi connectivity index (χ4n) is 1.71. The Morgan fingerprint density at radius 1 is 1.24 bits per heavy atom. The molecule has 2 fully saturated rings. The first-order valence-electron chi connectivity index (χ1n) is 5.98. The SMILES string of the molecule is CNC1CCOCC1.NN1CCS(=O)(=O)CC1. The van der Waals surface area contributed by atoms with Crippen LogP contribution in [0.15, 0.2) is 0 Å². The quantitative estimate of drug-likeness (QED) is 0.590. The first kappa shape index (κ1) is 14.8. The Labute approximate surface area is 103 Å². The van der Waals surface area contributed by atoms with Gasteiger partial charge in [0.25, 0.3) is 0 Å². The molecule has 0 aromatic rings. The molecule has 2 aliphatic heterocycles. The van der Waals surface area contributed by atoms with Crippen LogP contribution in [0.2, 0.25) is 0 Å². The van der Waals surface area contributed by atoms with Crippen molar-refractivity contribution in [3.8, 4) is 0 Å². The van der Waals surface area contributed by atoms with Crippen LogP contribution in [0.5, 0.6) is 0 Å². The highest BCUT2D eigenvalue weighted by molar-refractivity contribution is 7.91. The van der Waals surface area contributed by atoms with Crippen LogP contribution >= 0.6 is 0 Å². The maximum atomic E-state index is 10.7. The van der Waals surface area contributed by atoms with Gasteiger partial charge in [0.1, 0.15) is 0 Å². The fourth-order valence-corrected chi connectivity index (χ4v) is 2.94. The zero-order chi connectivity index (χ0) is 12.7. The van der Waals surface area contributed by atoms with Crippen LogP contribution in [0.4, 0.5) is 0 Å². The Morgan fingerprint density at radius 3 is 2.12 bits per heavy atom. The van der Waals surface area contributed by atoms with E-state index < -0.39 is 9.84 Å². The molecule has 0 aliphatic carbocycles. The van der Waals surface area contributed by atoms with E-state index in [0.29, 0.717) is 19.1 Å². The molecule has 0 spiro atoms. The number of hydrazine groups is 1. The van der Waals surface area contributed by atoms with Crippen LogP contribution < -0.4 is 11.2 Å². The fraction of sp³-hybridized carbons (Fsp3) is 1.00. The standard InChI is InChI=1S/C6H13NO.C4H10N2O2S/c1-7-6-2-4-8-5-3-6;5-6-1-3-9(7,8)4-2-6/h6-7H,2-5H2,1H3;1-5H2. The topological polar surface area (TPSA) is 84.7 Å². The lowest BCUT2D eigenvalue weighted by Crippen LogP contribution is -2.44. The molecule has 0 bridgehead atoms. The molecule has 0 unspecified atom stereocenters. The highest BCUT2D eigenvalue weighted by Crippen LogP contribution is 2.04. The van der Waals surface area contributed by atoms with Gasteiger partial charge in [-0.15, -0.1) is 0 Å². The molecular weight excluding hydrogens is 242 g/mol. The molecule has 2 saturated heterocycles. The number of rotatable bonds is 1. The van der Waals surface area contributed by atoms with E-state index in [0.717, 1.165) is 13.2 Å². The summed E-state index contributed by atoms with van der Waals surface area (Å²) in [5.41, 5.74) is 0. The maximum Gasteiger partial charge on any atom is 0.152 e. The summed E-state index contributed by atoms with van der Waals surface area (Å²) in [5, 5.41) is 4.75. The van der Waals surface area contributed by atoms with Crippen molar-refractivity contribution >= 4 is 9.84 Å². The molecule has 17 heavy (non-hydrogen) atoms. The van der Waals surface area contributed by atoms with Gasteiger partial charge in [-0.1, -0.05) is 0 Å². The van der Waals surface area contributed by atoms with Crippen molar-refractivity contribution in [2.75, 3.05) is 44.9 Å². The molecule has 2 rings (SSSR count). The molecule has 7 heteroatoms. The van der Waals surface area contributed by atoms with Crippen molar-refractivity contribution in [1.29, 1.82) is 0 Å². The summed E-state index contributed by atoms with van der Waals surface area (Å²) in [7, 11) is -0.727. The van der Waals surface area contributed by atoms with E-state index in [-0.39, 0.29) is 11.5 Å². The molecule has 0 aromatic carbocycles. The molecule has 6 nitrogen and oxygen atoms in total. The lowest BCUT2D eigenvalue weighted by atomic mass is 10.1. The van der Waals surface area contributed by atoms with Gasteiger partial charge in [0, 0.05) is 32.3 Å². The number of hydrogen-bond donors (Lipinski definition) is 2. The van der Waals surface area contributed by atoms with Crippen LogP contribution in [-0.2, 0) is 14.6 Å². The van der Waals surface area contributed by atoms with Gasteiger partial charge in [0.2, 0.25) is 0 Å². The Balaban J connectivity index is 0.000000171. The summed E-state index contributed by atoms with van der Waals surface area (Å²) in [6, 6.07) is 0.712. The third-order valence-electron chi connectivity index (χ3n) is 3.01. The smallest absolute Gasteiger partial charge is 0.152 e. The molecule has 0 atom stereocenters. The predicted octanol–water partition coefficient (Wildman–Crippen LogP) is -1.02. The van der Waals surface area contributed by atoms with E-state index in [4.69, 9.17) is 10.6 Å². The molecule has 2 aliphatic rings. The molecule has 0 radical (unpaired) electrons. The summed E-state index contributed by atoms with van der Waals surface area (Å²) < 4.78 is 26.6. The van der Waals surface area contributed by atoms with Crippen molar-refractivity contribution < 1.29 is 13.2 Å². The van der Waals surface area contributed by atoms with Gasteiger partial charge in [-0.2, -0.15) is 0 Å². The first-order valence-corrected chi connectivity index (χ1v) is 7.81. The van der Waals surface area contributed by atoms with Crippen LogP contribution in [0, 0.1) is 0 Å². The van der Waals surface area contributed by atoms with Crippen molar-refractivity contribution in [2.24, 2.45) is 5.84 Å². The summed E-state index contributed by atoms with van der Waals surface area (Å²) in [5.74, 6) is 5.75. The van der Waals surface area contributed by atoms with Crippen molar-refractivity contribution in [1.82, 2.24) is 10.3 Å². The van der Waals surface area contributed by atoms with E-state index in [9.17, 15) is 8.42 Å². The predicted molar refractivity (Wildman–Crippen MR) is 67.3 cm³/mol. The van der Waals surface area contributed by atoms with Gasteiger partial charge >= 0.3 is 0 Å². The molecule has 102 valence electrons. The molecule has 0 amide bonds. The average molecular weight is 265 g/mol. The van der Waals surface area contributed by atoms with Crippen LogP contribution in [0.25, 0.3) is 0 Å². The van der Waals surface area contributed by atoms with Crippen LogP contribution in [0.3, 0.4) is 0 Å². The Kier molecular flexibility index (Phi) is 6.35. The average Bonchev–Trinajstić information content (AvgIpc) is 2.35. The van der Waals surface area contributed by atoms with E-state index >= 15 is 0 Å². The third-order valence-corrected chi connectivity index (χ3v) is 4.62. The number of nitrogens with two attached hydrogens (primary N) is 1. The van der Waals surface area contributed by atoms with Crippen LogP contribution in [-0.4, -0.2) is 64.3 Å². The minimum atomic E-state index is -2.74. The van der Waals surface area contributed by atoms with Gasteiger partial charge in [0.15, 0.2) is 9.84 Å². The Morgan fingerprint density at radius 2 is 1.76 bits per heavy atom. The van der Waals surface area contributed by atoms with Gasteiger partial charge in [-0.05, 0) is 19.9 Å². The lowest BCUT2D eigenvalue weighted by Gasteiger charge is -2.20. The van der Waals surface area contributed by atoms with Gasteiger partial charge in [0.05, 0.1) is 11.5 Å². The first-order chi connectivity index (χ1) is 8.03. The highest BCUT2D eigenvalue weighted by Gasteiger charge is 2.18. The molecular formula is C10H23N3O3S. The van der Waals surface area contributed by atoms with E-state index in [1.165, 1.54) is 17.9 Å². The van der Waals surface area contributed by atoms with Gasteiger partial charge < -0.3 is 10.1 Å². The van der Waals surface area contributed by atoms with E-state index in [1.807, 2.05) is 7.05 Å². The second-order valence-electron chi connectivity index (χ2n) is 4.36. The summed E-state index contributed by atoms with van der Waals surface area (Å²) in [4.78, 5) is 0. The van der Waals surface area contributed by atoms with Gasteiger partial charge in [-0.3, -0.25) is 5.84 Å². The van der Waals surface area contributed by atoms with E-state index in [1.54, 1.807) is 0 Å². The summed E-state index contributed by atoms with van der Waals surface area (Å²) >= 11 is 0. The summed E-state index contributed by atoms with van der Waals surface area (Å²) in [6.45, 7) is 2.82. The lowest BCUT2D eigenvalue weighted by molar-refractivity contribution is 0.0799. The minimum absolute atomic E-state index is 0.212. The Bertz CT molecular complexity index is 288. The minimum Gasteiger partial charge on any atom is -0.381 e. The van der Waals surface area contributed by atoms with Crippen LogP contribution in [0.1, 0.15) is 12.8 Å². The molecule has 0 aromatic heterocycles. The number of nitrogens with zero attached hydrogens (tertiary/aromatic N) is 1. The number of hydrogen-bond acceptors (Lipinski definition) is 6. The summed E-state index contributed by atoms with van der Waals surface area (Å²) in [6.07, 6.45) is 2.35. The number of nitrogens with one attached hydrogen (secondary N) is 1. The number of ether oxygens (including phenoxy) is 1. The van der Waals surface area contributed by atoms with Crippen molar-refractivity contribution in [2.45, 2.75) is 18.9 Å². The second kappa shape index (κ2) is 7.27. The largest absolute Gasteiger partial charge is 0.381 e. The highest BCUT2D eigenvalue weighted by atomic mass is 32.2. The van der Waals surface area contributed by atoms with Gasteiger partial charge in [-0.25, -0.2) is 13.4 Å². The monoisotopic (exact) mass is 265 g/mol. The molecule has 2 heterocycles. The zero-order valence-electron chi connectivity index (χ0n) is 10.4. The van der Waals surface area contributed by atoms with E-state index in [2.05, 4.69) is 5.32 Å². The normalized spacial score (nSPS) is 26.0. The maximum absolute atomic E-state index is 10.7. The van der Waals surface area contributed by atoms with Crippen molar-refractivity contribution in [3.05, 3.63) is 0 Å². The van der Waals surface area contributed by atoms with Crippen molar-refractivity contribution in [3.63, 3.8) is 0 Å². The molecule has 0 saturated carbocycles.